The molecule has 0 fully saturated rings. The van der Waals surface area contributed by atoms with Crippen LogP contribution in [0.25, 0.3) is 5.65 Å². The highest BCUT2D eigenvalue weighted by molar-refractivity contribution is 9.10. The zero-order valence-electron chi connectivity index (χ0n) is 14.9. The molecule has 0 unspecified atom stereocenters. The fourth-order valence-corrected chi connectivity index (χ4v) is 2.00. The Morgan fingerprint density at radius 3 is 2.08 bits per heavy atom. The van der Waals surface area contributed by atoms with Crippen molar-refractivity contribution in [3.63, 3.8) is 0 Å². The summed E-state index contributed by atoms with van der Waals surface area (Å²) in [7, 11) is 0. The molecule has 0 aromatic carbocycles. The number of anilines is 1. The summed E-state index contributed by atoms with van der Waals surface area (Å²) in [4.78, 5) is 33.9. The number of hydrogen-bond acceptors (Lipinski definition) is 7. The zero-order chi connectivity index (χ0) is 19.0. The van der Waals surface area contributed by atoms with E-state index in [1.807, 2.05) is 0 Å². The smallest absolute Gasteiger partial charge is 0.427 e. The molecule has 2 aromatic rings. The summed E-state index contributed by atoms with van der Waals surface area (Å²) < 4.78 is 12.5. The Balaban J connectivity index is 2.44. The van der Waals surface area contributed by atoms with E-state index in [0.717, 1.165) is 0 Å². The average molecular weight is 414 g/mol. The van der Waals surface area contributed by atoms with Crippen molar-refractivity contribution < 1.29 is 19.1 Å². The van der Waals surface area contributed by atoms with Gasteiger partial charge in [-0.15, -0.1) is 10.00 Å². The summed E-state index contributed by atoms with van der Waals surface area (Å²) in [6.45, 7) is 10.1. The van der Waals surface area contributed by atoms with Crippen LogP contribution in [0.4, 0.5) is 15.5 Å². The van der Waals surface area contributed by atoms with Crippen LogP contribution in [0.2, 0.25) is 0 Å². The van der Waals surface area contributed by atoms with Gasteiger partial charge in [0.2, 0.25) is 0 Å². The second kappa shape index (κ2) is 6.58. The van der Waals surface area contributed by atoms with Gasteiger partial charge in [-0.1, -0.05) is 0 Å². The van der Waals surface area contributed by atoms with Crippen LogP contribution in [0.1, 0.15) is 41.5 Å². The Hall–Kier alpha value is -2.23. The lowest BCUT2D eigenvalue weighted by atomic mass is 10.2. The van der Waals surface area contributed by atoms with Crippen LogP contribution in [0.3, 0.4) is 0 Å². The first-order chi connectivity index (χ1) is 11.4. The van der Waals surface area contributed by atoms with Crippen molar-refractivity contribution in [2.24, 2.45) is 0 Å². The number of carbonyl (C=O) groups is 2. The molecule has 2 aromatic heterocycles. The number of hydrogen-bond donors (Lipinski definition) is 0. The highest BCUT2D eigenvalue weighted by Gasteiger charge is 2.35. The van der Waals surface area contributed by atoms with Crippen molar-refractivity contribution in [2.75, 3.05) is 4.90 Å². The molecular formula is C15H20BrN5O4. The topological polar surface area (TPSA) is 98.9 Å². The lowest BCUT2D eigenvalue weighted by Gasteiger charge is -2.26. The van der Waals surface area contributed by atoms with Crippen LogP contribution in [-0.4, -0.2) is 43.0 Å². The summed E-state index contributed by atoms with van der Waals surface area (Å²) in [5, 5.41) is 4.14. The van der Waals surface area contributed by atoms with Gasteiger partial charge in [0, 0.05) is 0 Å². The quantitative estimate of drug-likeness (QED) is 0.704. The van der Waals surface area contributed by atoms with Crippen molar-refractivity contribution in [2.45, 2.75) is 52.7 Å². The minimum atomic E-state index is -0.926. The Kier molecular flexibility index (Phi) is 5.03. The summed E-state index contributed by atoms with van der Waals surface area (Å²) in [6.07, 6.45) is 1.14. The van der Waals surface area contributed by atoms with E-state index in [1.54, 1.807) is 47.7 Å². The van der Waals surface area contributed by atoms with Crippen LogP contribution in [-0.2, 0) is 9.47 Å². The molecule has 2 heterocycles. The number of fused-ring (bicyclic) bond motifs is 1. The van der Waals surface area contributed by atoms with Crippen molar-refractivity contribution in [1.82, 2.24) is 19.6 Å². The third-order valence-electron chi connectivity index (χ3n) is 2.53. The molecule has 0 saturated carbocycles. The first-order valence-corrected chi connectivity index (χ1v) is 8.29. The first kappa shape index (κ1) is 19.1. The van der Waals surface area contributed by atoms with Gasteiger partial charge in [0.05, 0.1) is 12.4 Å². The van der Waals surface area contributed by atoms with Gasteiger partial charge in [-0.3, -0.25) is 0 Å². The minimum absolute atomic E-state index is 0.164. The maximum absolute atomic E-state index is 12.5. The summed E-state index contributed by atoms with van der Waals surface area (Å²) in [5.74, 6) is -0.164. The Morgan fingerprint density at radius 2 is 1.60 bits per heavy atom. The summed E-state index contributed by atoms with van der Waals surface area (Å²) >= 11 is 3.22. The number of carbonyl (C=O) groups excluding carboxylic acids is 2. The molecule has 2 rings (SSSR count). The second-order valence-corrected chi connectivity index (χ2v) is 8.03. The predicted molar refractivity (Wildman–Crippen MR) is 93.4 cm³/mol. The Morgan fingerprint density at radius 1 is 1.08 bits per heavy atom. The molecule has 0 spiro atoms. The molecule has 0 aliphatic rings. The normalized spacial score (nSPS) is 12.1. The van der Waals surface area contributed by atoms with Gasteiger partial charge < -0.3 is 9.47 Å². The minimum Gasteiger partial charge on any atom is -0.443 e. The maximum Gasteiger partial charge on any atom is 0.427 e. The number of rotatable bonds is 1. The predicted octanol–water partition coefficient (Wildman–Crippen LogP) is 3.56. The van der Waals surface area contributed by atoms with Crippen molar-refractivity contribution in [3.05, 3.63) is 17.0 Å². The first-order valence-electron chi connectivity index (χ1n) is 7.50. The largest absolute Gasteiger partial charge is 0.443 e. The second-order valence-electron chi connectivity index (χ2n) is 7.22. The van der Waals surface area contributed by atoms with Crippen LogP contribution in [0.15, 0.2) is 17.0 Å². The van der Waals surface area contributed by atoms with E-state index in [0.29, 0.717) is 15.2 Å². The van der Waals surface area contributed by atoms with Crippen molar-refractivity contribution in [1.29, 1.82) is 0 Å². The number of ether oxygens (including phenoxy) is 2. The highest BCUT2D eigenvalue weighted by atomic mass is 79.9. The monoisotopic (exact) mass is 413 g/mol. The molecule has 136 valence electrons. The van der Waals surface area contributed by atoms with Gasteiger partial charge in [-0.25, -0.2) is 19.1 Å². The van der Waals surface area contributed by atoms with Gasteiger partial charge in [-0.2, -0.15) is 4.98 Å². The number of aromatic nitrogens is 4. The molecule has 2 amide bonds. The SMILES string of the molecule is CC(C)(C)OC(=O)N(C(=O)OC(C)(C)C)c1nc2cnc(Br)cn2n1. The zero-order valence-corrected chi connectivity index (χ0v) is 16.5. The Labute approximate surface area is 153 Å². The van der Waals surface area contributed by atoms with Gasteiger partial charge in [-0.05, 0) is 57.5 Å². The van der Waals surface area contributed by atoms with Gasteiger partial charge in [0.15, 0.2) is 5.65 Å². The molecule has 10 heteroatoms. The summed E-state index contributed by atoms with van der Waals surface area (Å²) in [6, 6.07) is 0. The molecule has 25 heavy (non-hydrogen) atoms. The van der Waals surface area contributed by atoms with E-state index in [1.165, 1.54) is 10.7 Å². The Bertz CT molecular complexity index is 778. The number of imide groups is 1. The van der Waals surface area contributed by atoms with Crippen LogP contribution in [0.5, 0.6) is 0 Å². The van der Waals surface area contributed by atoms with Crippen LogP contribution < -0.4 is 4.90 Å². The average Bonchev–Trinajstić information content (AvgIpc) is 2.76. The lowest BCUT2D eigenvalue weighted by Crippen LogP contribution is -2.44. The third-order valence-corrected chi connectivity index (χ3v) is 2.94. The van der Waals surface area contributed by atoms with Crippen molar-refractivity contribution >= 4 is 39.7 Å². The highest BCUT2D eigenvalue weighted by Crippen LogP contribution is 2.20. The molecule has 0 aliphatic heterocycles. The lowest BCUT2D eigenvalue weighted by molar-refractivity contribution is 0.0427. The van der Waals surface area contributed by atoms with Gasteiger partial charge in [0.25, 0.3) is 5.95 Å². The summed E-state index contributed by atoms with van der Waals surface area (Å²) in [5.41, 5.74) is -1.25. The molecule has 0 N–H and O–H groups in total. The molecule has 0 aliphatic carbocycles. The van der Waals surface area contributed by atoms with Crippen molar-refractivity contribution in [3.8, 4) is 0 Å². The van der Waals surface area contributed by atoms with E-state index >= 15 is 0 Å². The number of amides is 2. The van der Waals surface area contributed by atoms with Crippen LogP contribution in [0, 0.1) is 0 Å². The van der Waals surface area contributed by atoms with E-state index < -0.39 is 23.4 Å². The molecular weight excluding hydrogens is 394 g/mol. The van der Waals surface area contributed by atoms with Gasteiger partial charge >= 0.3 is 12.2 Å². The molecule has 0 saturated heterocycles. The van der Waals surface area contributed by atoms with Crippen LogP contribution >= 0.6 is 15.9 Å². The standard InChI is InChI=1S/C15H20BrN5O4/c1-14(2,3)24-12(22)21(13(23)25-15(4,5)6)11-18-10-7-17-9(16)8-20(10)19-11/h7-8H,1-6H3. The van der Waals surface area contributed by atoms with E-state index in [4.69, 9.17) is 9.47 Å². The fourth-order valence-electron chi connectivity index (χ4n) is 1.71. The molecule has 0 bridgehead atoms. The van der Waals surface area contributed by atoms with E-state index in [-0.39, 0.29) is 5.95 Å². The molecule has 9 nitrogen and oxygen atoms in total. The number of nitrogens with zero attached hydrogens (tertiary/aromatic N) is 5. The molecule has 0 radical (unpaired) electrons. The third kappa shape index (κ3) is 5.12. The van der Waals surface area contributed by atoms with E-state index in [9.17, 15) is 9.59 Å². The van der Waals surface area contributed by atoms with Gasteiger partial charge in [0.1, 0.15) is 15.8 Å². The molecule has 0 atom stereocenters. The van der Waals surface area contributed by atoms with E-state index in [2.05, 4.69) is 31.0 Å². The maximum atomic E-state index is 12.5. The fraction of sp³-hybridized carbons (Fsp3) is 0.533. The number of halogens is 1.